The van der Waals surface area contributed by atoms with E-state index in [0.717, 1.165) is 24.5 Å². The van der Waals surface area contributed by atoms with Gasteiger partial charge < -0.3 is 19.9 Å². The fourth-order valence-electron chi connectivity index (χ4n) is 2.60. The second-order valence-electron chi connectivity index (χ2n) is 6.07. The predicted octanol–water partition coefficient (Wildman–Crippen LogP) is 1.31. The van der Waals surface area contributed by atoms with E-state index in [9.17, 15) is 4.79 Å². The first-order valence-electron chi connectivity index (χ1n) is 8.34. The SMILES string of the molecule is CN(C)c1cccc(C(=O)NCc2ccnc(N3CCOCC3)n2)c1. The van der Waals surface area contributed by atoms with Crippen LogP contribution >= 0.6 is 0 Å². The molecule has 2 heterocycles. The first-order valence-corrected chi connectivity index (χ1v) is 8.34. The summed E-state index contributed by atoms with van der Waals surface area (Å²) in [7, 11) is 3.90. The highest BCUT2D eigenvalue weighted by molar-refractivity contribution is 5.95. The number of carbonyl (C=O) groups excluding carboxylic acids is 1. The summed E-state index contributed by atoms with van der Waals surface area (Å²) >= 11 is 0. The van der Waals surface area contributed by atoms with Crippen LogP contribution in [0.4, 0.5) is 11.6 Å². The number of benzene rings is 1. The van der Waals surface area contributed by atoms with Crippen molar-refractivity contribution in [3.63, 3.8) is 0 Å². The van der Waals surface area contributed by atoms with E-state index in [4.69, 9.17) is 4.74 Å². The zero-order chi connectivity index (χ0) is 17.6. The van der Waals surface area contributed by atoms with Gasteiger partial charge in [-0.15, -0.1) is 0 Å². The molecule has 1 aliphatic rings. The monoisotopic (exact) mass is 341 g/mol. The average Bonchev–Trinajstić information content (AvgIpc) is 2.67. The summed E-state index contributed by atoms with van der Waals surface area (Å²) in [6.07, 6.45) is 1.73. The molecule has 7 heteroatoms. The molecule has 1 fully saturated rings. The lowest BCUT2D eigenvalue weighted by atomic mass is 10.2. The van der Waals surface area contributed by atoms with Crippen LogP contribution in [0.15, 0.2) is 36.5 Å². The Morgan fingerprint density at radius 3 is 2.84 bits per heavy atom. The molecule has 0 atom stereocenters. The number of aromatic nitrogens is 2. The van der Waals surface area contributed by atoms with Crippen molar-refractivity contribution in [2.45, 2.75) is 6.54 Å². The zero-order valence-electron chi connectivity index (χ0n) is 14.6. The topological polar surface area (TPSA) is 70.6 Å². The number of hydrogen-bond acceptors (Lipinski definition) is 6. The van der Waals surface area contributed by atoms with Gasteiger partial charge in [0.2, 0.25) is 5.95 Å². The van der Waals surface area contributed by atoms with Crippen molar-refractivity contribution < 1.29 is 9.53 Å². The molecular formula is C18H23N5O2. The Kier molecular flexibility index (Phi) is 5.45. The maximum atomic E-state index is 12.4. The van der Waals surface area contributed by atoms with Crippen molar-refractivity contribution >= 4 is 17.5 Å². The lowest BCUT2D eigenvalue weighted by molar-refractivity contribution is 0.0950. The highest BCUT2D eigenvalue weighted by Gasteiger charge is 2.14. The third-order valence-corrected chi connectivity index (χ3v) is 4.05. The summed E-state index contributed by atoms with van der Waals surface area (Å²) in [5, 5.41) is 2.92. The summed E-state index contributed by atoms with van der Waals surface area (Å²) in [4.78, 5) is 25.3. The highest BCUT2D eigenvalue weighted by atomic mass is 16.5. The summed E-state index contributed by atoms with van der Waals surface area (Å²) < 4.78 is 5.35. The first-order chi connectivity index (χ1) is 12.1. The number of nitrogens with one attached hydrogen (secondary N) is 1. The molecule has 3 rings (SSSR count). The van der Waals surface area contributed by atoms with Gasteiger partial charge in [0, 0.05) is 44.6 Å². The van der Waals surface area contributed by atoms with Crippen LogP contribution in [0, 0.1) is 0 Å². The molecule has 0 unspecified atom stereocenters. The first kappa shape index (κ1) is 17.2. The van der Waals surface area contributed by atoms with E-state index in [-0.39, 0.29) is 5.91 Å². The number of anilines is 2. The number of hydrogen-bond donors (Lipinski definition) is 1. The molecule has 1 aromatic carbocycles. The molecule has 2 aromatic rings. The molecule has 0 radical (unpaired) electrons. The molecule has 1 aliphatic heterocycles. The molecule has 1 amide bonds. The third kappa shape index (κ3) is 4.45. The molecule has 0 bridgehead atoms. The summed E-state index contributed by atoms with van der Waals surface area (Å²) in [6.45, 7) is 3.31. The van der Waals surface area contributed by atoms with E-state index in [1.165, 1.54) is 0 Å². The second kappa shape index (κ2) is 7.94. The number of rotatable bonds is 5. The molecular weight excluding hydrogens is 318 g/mol. The normalized spacial score (nSPS) is 14.2. The average molecular weight is 341 g/mol. The van der Waals surface area contributed by atoms with Crippen LogP contribution in [0.2, 0.25) is 0 Å². The Morgan fingerprint density at radius 2 is 2.08 bits per heavy atom. The van der Waals surface area contributed by atoms with Gasteiger partial charge in [0.25, 0.3) is 5.91 Å². The lowest BCUT2D eigenvalue weighted by Gasteiger charge is -2.26. The molecule has 0 aliphatic carbocycles. The Labute approximate surface area is 147 Å². The smallest absolute Gasteiger partial charge is 0.251 e. The van der Waals surface area contributed by atoms with Gasteiger partial charge in [-0.3, -0.25) is 4.79 Å². The molecule has 1 saturated heterocycles. The minimum absolute atomic E-state index is 0.116. The van der Waals surface area contributed by atoms with Crippen LogP contribution < -0.4 is 15.1 Å². The van der Waals surface area contributed by atoms with Gasteiger partial charge in [0.1, 0.15) is 0 Å². The van der Waals surface area contributed by atoms with Gasteiger partial charge in [0.15, 0.2) is 0 Å². The van der Waals surface area contributed by atoms with Crippen LogP contribution in [-0.4, -0.2) is 56.3 Å². The van der Waals surface area contributed by atoms with Gasteiger partial charge in [-0.2, -0.15) is 0 Å². The van der Waals surface area contributed by atoms with Crippen molar-refractivity contribution in [3.8, 4) is 0 Å². The minimum Gasteiger partial charge on any atom is -0.378 e. The highest BCUT2D eigenvalue weighted by Crippen LogP contribution is 2.14. The minimum atomic E-state index is -0.116. The molecule has 1 N–H and O–H groups in total. The molecule has 1 aromatic heterocycles. The van der Waals surface area contributed by atoms with Gasteiger partial charge in [-0.05, 0) is 24.3 Å². The molecule has 7 nitrogen and oxygen atoms in total. The molecule has 0 spiro atoms. The fraction of sp³-hybridized carbons (Fsp3) is 0.389. The summed E-state index contributed by atoms with van der Waals surface area (Å²) in [5.74, 6) is 0.569. The van der Waals surface area contributed by atoms with Gasteiger partial charge in [0.05, 0.1) is 25.5 Å². The van der Waals surface area contributed by atoms with Crippen molar-refractivity contribution in [3.05, 3.63) is 47.8 Å². The van der Waals surface area contributed by atoms with Crippen molar-refractivity contribution in [1.82, 2.24) is 15.3 Å². The largest absolute Gasteiger partial charge is 0.378 e. The summed E-state index contributed by atoms with van der Waals surface area (Å²) in [5.41, 5.74) is 2.41. The maximum Gasteiger partial charge on any atom is 0.251 e. The number of nitrogens with zero attached hydrogens (tertiary/aromatic N) is 4. The molecule has 25 heavy (non-hydrogen) atoms. The van der Waals surface area contributed by atoms with Gasteiger partial charge >= 0.3 is 0 Å². The number of ether oxygens (including phenoxy) is 1. The van der Waals surface area contributed by atoms with E-state index in [2.05, 4.69) is 20.2 Å². The Bertz CT molecular complexity index is 729. The van der Waals surface area contributed by atoms with E-state index in [0.29, 0.717) is 31.3 Å². The summed E-state index contributed by atoms with van der Waals surface area (Å²) in [6, 6.07) is 9.34. The van der Waals surface area contributed by atoms with Crippen molar-refractivity contribution in [1.29, 1.82) is 0 Å². The fourth-order valence-corrected chi connectivity index (χ4v) is 2.60. The predicted molar refractivity (Wildman–Crippen MR) is 97.0 cm³/mol. The van der Waals surface area contributed by atoms with Gasteiger partial charge in [-0.25, -0.2) is 9.97 Å². The van der Waals surface area contributed by atoms with E-state index in [1.807, 2.05) is 49.3 Å². The van der Waals surface area contributed by atoms with Crippen LogP contribution in [0.25, 0.3) is 0 Å². The van der Waals surface area contributed by atoms with E-state index >= 15 is 0 Å². The van der Waals surface area contributed by atoms with Crippen LogP contribution in [0.3, 0.4) is 0 Å². The maximum absolute atomic E-state index is 12.4. The Morgan fingerprint density at radius 1 is 1.28 bits per heavy atom. The zero-order valence-corrected chi connectivity index (χ0v) is 14.6. The van der Waals surface area contributed by atoms with Gasteiger partial charge in [-0.1, -0.05) is 6.07 Å². The number of carbonyl (C=O) groups is 1. The van der Waals surface area contributed by atoms with Crippen LogP contribution in [-0.2, 0) is 11.3 Å². The van der Waals surface area contributed by atoms with Crippen LogP contribution in [0.1, 0.15) is 16.1 Å². The number of amides is 1. The van der Waals surface area contributed by atoms with E-state index in [1.54, 1.807) is 6.20 Å². The quantitative estimate of drug-likeness (QED) is 0.884. The third-order valence-electron chi connectivity index (χ3n) is 4.05. The number of morpholine rings is 1. The van der Waals surface area contributed by atoms with Crippen molar-refractivity contribution in [2.75, 3.05) is 50.2 Å². The lowest BCUT2D eigenvalue weighted by Crippen LogP contribution is -2.37. The van der Waals surface area contributed by atoms with Crippen LogP contribution in [0.5, 0.6) is 0 Å². The second-order valence-corrected chi connectivity index (χ2v) is 6.07. The Hall–Kier alpha value is -2.67. The standard InChI is InChI=1S/C18H23N5O2/c1-22(2)16-5-3-4-14(12-16)17(24)20-13-15-6-7-19-18(21-15)23-8-10-25-11-9-23/h3-7,12H,8-11,13H2,1-2H3,(H,20,24). The Balaban J connectivity index is 1.63. The van der Waals surface area contributed by atoms with Crippen molar-refractivity contribution in [2.24, 2.45) is 0 Å². The molecule has 132 valence electrons. The molecule has 0 saturated carbocycles. The van der Waals surface area contributed by atoms with E-state index < -0.39 is 0 Å².